The van der Waals surface area contributed by atoms with Crippen LogP contribution in [0.5, 0.6) is 11.5 Å². The quantitative estimate of drug-likeness (QED) is 0.436. The van der Waals surface area contributed by atoms with Gasteiger partial charge in [-0.05, 0) is 46.3 Å². The largest absolute Gasteiger partial charge is 0.496 e. The predicted molar refractivity (Wildman–Crippen MR) is 92.8 cm³/mol. The van der Waals surface area contributed by atoms with E-state index < -0.39 is 0 Å². The van der Waals surface area contributed by atoms with Crippen molar-refractivity contribution in [3.8, 4) is 11.5 Å². The molecule has 0 aliphatic heterocycles. The SMILES string of the molecule is COc1cc(N)ccc1SCCOc1ccc(Cl)cc1Br. The minimum absolute atomic E-state index is 0.582. The number of anilines is 1. The minimum Gasteiger partial charge on any atom is -0.496 e. The number of halogens is 2. The molecule has 0 radical (unpaired) electrons. The van der Waals surface area contributed by atoms with Gasteiger partial charge in [-0.2, -0.15) is 0 Å². The van der Waals surface area contributed by atoms with Crippen LogP contribution in [0.3, 0.4) is 0 Å². The number of hydrogen-bond acceptors (Lipinski definition) is 4. The van der Waals surface area contributed by atoms with Crippen LogP contribution >= 0.6 is 39.3 Å². The lowest BCUT2D eigenvalue weighted by Gasteiger charge is -2.10. The third-order valence-electron chi connectivity index (χ3n) is 2.68. The van der Waals surface area contributed by atoms with E-state index in [1.54, 1.807) is 24.9 Å². The van der Waals surface area contributed by atoms with Gasteiger partial charge in [-0.3, -0.25) is 0 Å². The zero-order valence-electron chi connectivity index (χ0n) is 11.4. The molecule has 0 spiro atoms. The number of rotatable bonds is 6. The second-order valence-corrected chi connectivity index (χ2v) is 6.61. The normalized spacial score (nSPS) is 10.4. The molecule has 0 aliphatic rings. The zero-order valence-corrected chi connectivity index (χ0v) is 14.6. The second kappa shape index (κ2) is 7.82. The molecule has 2 aromatic carbocycles. The lowest BCUT2D eigenvalue weighted by Crippen LogP contribution is -2.01. The Balaban J connectivity index is 1.87. The van der Waals surface area contributed by atoms with Crippen LogP contribution in [0, 0.1) is 0 Å². The summed E-state index contributed by atoms with van der Waals surface area (Å²) in [5.41, 5.74) is 6.42. The van der Waals surface area contributed by atoms with Crippen LogP contribution in [0.15, 0.2) is 45.8 Å². The van der Waals surface area contributed by atoms with Crippen LogP contribution < -0.4 is 15.2 Å². The Morgan fingerprint density at radius 2 is 2.00 bits per heavy atom. The lowest BCUT2D eigenvalue weighted by molar-refractivity contribution is 0.341. The molecule has 0 aromatic heterocycles. The van der Waals surface area contributed by atoms with Gasteiger partial charge in [-0.1, -0.05) is 11.6 Å². The molecule has 0 fully saturated rings. The van der Waals surface area contributed by atoms with Crippen molar-refractivity contribution in [2.24, 2.45) is 0 Å². The summed E-state index contributed by atoms with van der Waals surface area (Å²) in [4.78, 5) is 1.05. The van der Waals surface area contributed by atoms with Gasteiger partial charge in [0.1, 0.15) is 11.5 Å². The number of nitrogen functional groups attached to an aromatic ring is 1. The first-order chi connectivity index (χ1) is 10.1. The Hall–Kier alpha value is -1.04. The van der Waals surface area contributed by atoms with E-state index in [9.17, 15) is 0 Å². The Kier molecular flexibility index (Phi) is 6.08. The van der Waals surface area contributed by atoms with Crippen molar-refractivity contribution in [1.29, 1.82) is 0 Å². The number of benzene rings is 2. The Morgan fingerprint density at radius 1 is 1.19 bits per heavy atom. The summed E-state index contributed by atoms with van der Waals surface area (Å²) in [7, 11) is 1.64. The lowest BCUT2D eigenvalue weighted by atomic mass is 10.3. The van der Waals surface area contributed by atoms with Crippen LogP contribution in [0.4, 0.5) is 5.69 Å². The van der Waals surface area contributed by atoms with Crippen LogP contribution in [0.2, 0.25) is 5.02 Å². The summed E-state index contributed by atoms with van der Waals surface area (Å²) in [6.45, 7) is 0.582. The van der Waals surface area contributed by atoms with E-state index >= 15 is 0 Å². The third kappa shape index (κ3) is 4.73. The van der Waals surface area contributed by atoms with E-state index in [1.165, 1.54) is 0 Å². The monoisotopic (exact) mass is 387 g/mol. The standard InChI is InChI=1S/C15H15BrClNO2S/c1-19-14-9-11(18)3-5-15(14)21-7-6-20-13-4-2-10(17)8-12(13)16/h2-5,8-9H,6-7,18H2,1H3. The molecule has 2 rings (SSSR count). The summed E-state index contributed by atoms with van der Waals surface area (Å²) in [6.07, 6.45) is 0. The topological polar surface area (TPSA) is 44.5 Å². The number of hydrogen-bond donors (Lipinski definition) is 1. The van der Waals surface area contributed by atoms with Gasteiger partial charge in [-0.15, -0.1) is 11.8 Å². The van der Waals surface area contributed by atoms with E-state index in [1.807, 2.05) is 30.3 Å². The van der Waals surface area contributed by atoms with Gasteiger partial charge in [0.2, 0.25) is 0 Å². The molecule has 0 amide bonds. The van der Waals surface area contributed by atoms with E-state index in [0.29, 0.717) is 17.3 Å². The van der Waals surface area contributed by atoms with Crippen molar-refractivity contribution >= 4 is 45.0 Å². The maximum atomic E-state index is 5.89. The first kappa shape index (κ1) is 16.3. The maximum absolute atomic E-state index is 5.89. The fourth-order valence-corrected chi connectivity index (χ4v) is 3.33. The molecule has 112 valence electrons. The molecule has 21 heavy (non-hydrogen) atoms. The highest BCUT2D eigenvalue weighted by Gasteiger charge is 2.05. The van der Waals surface area contributed by atoms with Gasteiger partial charge in [0.15, 0.2) is 0 Å². The molecule has 0 bridgehead atoms. The predicted octanol–water partition coefficient (Wildman–Crippen LogP) is 4.86. The molecular formula is C15H15BrClNO2S. The highest BCUT2D eigenvalue weighted by Crippen LogP contribution is 2.32. The molecule has 0 saturated carbocycles. The smallest absolute Gasteiger partial charge is 0.134 e. The summed E-state index contributed by atoms with van der Waals surface area (Å²) >= 11 is 11.0. The zero-order chi connectivity index (χ0) is 15.2. The van der Waals surface area contributed by atoms with Crippen molar-refractivity contribution in [2.45, 2.75) is 4.90 Å². The molecule has 3 nitrogen and oxygen atoms in total. The fourth-order valence-electron chi connectivity index (χ4n) is 1.70. The summed E-state index contributed by atoms with van der Waals surface area (Å²) in [5.74, 6) is 2.37. The average Bonchev–Trinajstić information content (AvgIpc) is 2.46. The van der Waals surface area contributed by atoms with Crippen LogP contribution in [-0.4, -0.2) is 19.5 Å². The van der Waals surface area contributed by atoms with Crippen LogP contribution in [0.1, 0.15) is 0 Å². The molecule has 0 saturated heterocycles. The van der Waals surface area contributed by atoms with E-state index in [4.69, 9.17) is 26.8 Å². The first-order valence-corrected chi connectivity index (χ1v) is 8.40. The Labute approximate surface area is 141 Å². The van der Waals surface area contributed by atoms with Gasteiger partial charge in [0.25, 0.3) is 0 Å². The Morgan fingerprint density at radius 3 is 2.71 bits per heavy atom. The molecule has 0 unspecified atom stereocenters. The van der Waals surface area contributed by atoms with Crippen molar-refractivity contribution < 1.29 is 9.47 Å². The minimum atomic E-state index is 0.582. The van der Waals surface area contributed by atoms with Gasteiger partial charge in [0.05, 0.1) is 18.2 Å². The summed E-state index contributed by atoms with van der Waals surface area (Å²) < 4.78 is 11.9. The van der Waals surface area contributed by atoms with Crippen LogP contribution in [-0.2, 0) is 0 Å². The third-order valence-corrected chi connectivity index (χ3v) is 4.55. The second-order valence-electron chi connectivity index (χ2n) is 4.18. The Bertz CT molecular complexity index is 625. The van der Waals surface area contributed by atoms with Gasteiger partial charge >= 0.3 is 0 Å². The molecular weight excluding hydrogens is 374 g/mol. The molecule has 0 heterocycles. The average molecular weight is 389 g/mol. The molecule has 0 aliphatic carbocycles. The number of ether oxygens (including phenoxy) is 2. The number of methoxy groups -OCH3 is 1. The van der Waals surface area contributed by atoms with Crippen molar-refractivity contribution in [1.82, 2.24) is 0 Å². The van der Waals surface area contributed by atoms with E-state index in [0.717, 1.165) is 26.6 Å². The number of nitrogens with two attached hydrogens (primary N) is 1. The number of thioether (sulfide) groups is 1. The van der Waals surface area contributed by atoms with E-state index in [2.05, 4.69) is 15.9 Å². The van der Waals surface area contributed by atoms with Crippen molar-refractivity contribution in [2.75, 3.05) is 25.2 Å². The van der Waals surface area contributed by atoms with Gasteiger partial charge in [-0.25, -0.2) is 0 Å². The molecule has 0 atom stereocenters. The van der Waals surface area contributed by atoms with E-state index in [-0.39, 0.29) is 0 Å². The summed E-state index contributed by atoms with van der Waals surface area (Å²) in [6, 6.07) is 11.1. The van der Waals surface area contributed by atoms with Gasteiger partial charge < -0.3 is 15.2 Å². The van der Waals surface area contributed by atoms with Crippen molar-refractivity contribution in [3.05, 3.63) is 45.9 Å². The fraction of sp³-hybridized carbons (Fsp3) is 0.200. The van der Waals surface area contributed by atoms with Gasteiger partial charge in [0, 0.05) is 27.4 Å². The summed E-state index contributed by atoms with van der Waals surface area (Å²) in [5, 5.41) is 0.676. The van der Waals surface area contributed by atoms with Crippen LogP contribution in [0.25, 0.3) is 0 Å². The first-order valence-electron chi connectivity index (χ1n) is 6.24. The maximum Gasteiger partial charge on any atom is 0.134 e. The molecule has 2 aromatic rings. The molecule has 2 N–H and O–H groups in total. The highest BCUT2D eigenvalue weighted by molar-refractivity contribution is 9.10. The highest BCUT2D eigenvalue weighted by atomic mass is 79.9. The molecule has 6 heteroatoms. The van der Waals surface area contributed by atoms with Crippen molar-refractivity contribution in [3.63, 3.8) is 0 Å².